The minimum Gasteiger partial charge on any atom is -0.337 e. The highest BCUT2D eigenvalue weighted by atomic mass is 35.5. The van der Waals surface area contributed by atoms with Crippen LogP contribution in [0.1, 0.15) is 12.8 Å². The van der Waals surface area contributed by atoms with E-state index in [1.165, 1.54) is 12.8 Å². The molecule has 0 aromatic carbocycles. The Morgan fingerprint density at radius 1 is 1.38 bits per heavy atom. The molecule has 0 spiro atoms. The number of rotatable bonds is 4. The number of anilines is 1. The van der Waals surface area contributed by atoms with E-state index >= 15 is 0 Å². The monoisotopic (exact) mass is 197 g/mol. The lowest BCUT2D eigenvalue weighted by Crippen LogP contribution is -2.29. The molecule has 0 saturated heterocycles. The summed E-state index contributed by atoms with van der Waals surface area (Å²) in [6, 6.07) is 2.45. The Balaban J connectivity index is 2.10. The third-order valence-corrected chi connectivity index (χ3v) is 2.29. The summed E-state index contributed by atoms with van der Waals surface area (Å²) in [7, 11) is 0. The molecule has 3 nitrogen and oxygen atoms in total. The van der Waals surface area contributed by atoms with E-state index in [1.807, 2.05) is 6.07 Å². The molecule has 0 N–H and O–H groups in total. The molecule has 13 heavy (non-hydrogen) atoms. The summed E-state index contributed by atoms with van der Waals surface area (Å²) in [5.74, 6) is 1.44. The molecule has 0 radical (unpaired) electrons. The van der Waals surface area contributed by atoms with Crippen LogP contribution in [-0.4, -0.2) is 28.4 Å². The molecule has 1 saturated carbocycles. The molecular formula is C9H12ClN3. The van der Waals surface area contributed by atoms with Crippen LogP contribution in [0.3, 0.4) is 0 Å². The van der Waals surface area contributed by atoms with Crippen molar-refractivity contribution in [3.63, 3.8) is 0 Å². The molecular weight excluding hydrogens is 186 g/mol. The zero-order valence-corrected chi connectivity index (χ0v) is 8.11. The van der Waals surface area contributed by atoms with Crippen molar-refractivity contribution in [2.75, 3.05) is 17.3 Å². The van der Waals surface area contributed by atoms with Gasteiger partial charge in [0.15, 0.2) is 0 Å². The largest absolute Gasteiger partial charge is 0.337 e. The zero-order valence-electron chi connectivity index (χ0n) is 7.36. The van der Waals surface area contributed by atoms with E-state index in [0.29, 0.717) is 11.9 Å². The lowest BCUT2D eigenvalue weighted by Gasteiger charge is -2.20. The van der Waals surface area contributed by atoms with Crippen LogP contribution in [0, 0.1) is 0 Å². The molecule has 0 atom stereocenters. The lowest BCUT2D eigenvalue weighted by atomic mass is 10.5. The molecule has 1 aromatic heterocycles. The van der Waals surface area contributed by atoms with Crippen LogP contribution in [0.4, 0.5) is 5.95 Å². The predicted octanol–water partition coefficient (Wildman–Crippen LogP) is 1.68. The third-order valence-electron chi connectivity index (χ3n) is 2.12. The van der Waals surface area contributed by atoms with Gasteiger partial charge in [0.25, 0.3) is 0 Å². The van der Waals surface area contributed by atoms with Crippen molar-refractivity contribution in [3.8, 4) is 0 Å². The van der Waals surface area contributed by atoms with Crippen LogP contribution < -0.4 is 4.90 Å². The van der Waals surface area contributed by atoms with Crippen LogP contribution in [0.2, 0.25) is 0 Å². The maximum atomic E-state index is 5.72. The van der Waals surface area contributed by atoms with Crippen LogP contribution in [-0.2, 0) is 0 Å². The van der Waals surface area contributed by atoms with Crippen molar-refractivity contribution < 1.29 is 0 Å². The van der Waals surface area contributed by atoms with Crippen molar-refractivity contribution in [2.24, 2.45) is 0 Å². The Morgan fingerprint density at radius 3 is 2.62 bits per heavy atom. The van der Waals surface area contributed by atoms with E-state index in [9.17, 15) is 0 Å². The Labute approximate surface area is 82.8 Å². The molecule has 70 valence electrons. The van der Waals surface area contributed by atoms with Gasteiger partial charge in [0.05, 0.1) is 0 Å². The fourth-order valence-corrected chi connectivity index (χ4v) is 1.54. The Kier molecular flexibility index (Phi) is 2.64. The van der Waals surface area contributed by atoms with E-state index in [-0.39, 0.29) is 0 Å². The summed E-state index contributed by atoms with van der Waals surface area (Å²) in [5, 5.41) is 0. The van der Waals surface area contributed by atoms with Gasteiger partial charge in [0, 0.05) is 30.9 Å². The van der Waals surface area contributed by atoms with E-state index in [2.05, 4.69) is 14.9 Å². The van der Waals surface area contributed by atoms with Gasteiger partial charge >= 0.3 is 0 Å². The number of hydrogen-bond donors (Lipinski definition) is 0. The number of halogens is 1. The summed E-state index contributed by atoms with van der Waals surface area (Å²) in [4.78, 5) is 10.6. The minimum atomic E-state index is 0.626. The molecule has 2 rings (SSSR count). The normalized spacial score (nSPS) is 15.8. The molecule has 1 fully saturated rings. The van der Waals surface area contributed by atoms with E-state index < -0.39 is 0 Å². The average molecular weight is 198 g/mol. The quantitative estimate of drug-likeness (QED) is 0.688. The van der Waals surface area contributed by atoms with Crippen LogP contribution >= 0.6 is 11.6 Å². The lowest BCUT2D eigenvalue weighted by molar-refractivity contribution is 0.789. The molecule has 0 unspecified atom stereocenters. The van der Waals surface area contributed by atoms with E-state index in [0.717, 1.165) is 12.5 Å². The highest BCUT2D eigenvalue weighted by Gasteiger charge is 2.29. The predicted molar refractivity (Wildman–Crippen MR) is 53.1 cm³/mol. The Bertz CT molecular complexity index is 261. The fourth-order valence-electron chi connectivity index (χ4n) is 1.36. The SMILES string of the molecule is ClCCN(c1ncccn1)C1CC1. The van der Waals surface area contributed by atoms with Crippen molar-refractivity contribution >= 4 is 17.5 Å². The van der Waals surface area contributed by atoms with Crippen LogP contribution in [0.15, 0.2) is 18.5 Å². The average Bonchev–Trinajstić information content (AvgIpc) is 2.99. The van der Waals surface area contributed by atoms with E-state index in [1.54, 1.807) is 12.4 Å². The summed E-state index contributed by atoms with van der Waals surface area (Å²) >= 11 is 5.72. The van der Waals surface area contributed by atoms with Gasteiger partial charge in [-0.2, -0.15) is 0 Å². The second-order valence-corrected chi connectivity index (χ2v) is 3.54. The Morgan fingerprint density at radius 2 is 2.08 bits per heavy atom. The van der Waals surface area contributed by atoms with Gasteiger partial charge in [-0.1, -0.05) is 0 Å². The third kappa shape index (κ3) is 2.10. The number of alkyl halides is 1. The van der Waals surface area contributed by atoms with Gasteiger partial charge in [-0.05, 0) is 18.9 Å². The first-order chi connectivity index (χ1) is 6.42. The van der Waals surface area contributed by atoms with Crippen molar-refractivity contribution in [2.45, 2.75) is 18.9 Å². The molecule has 1 heterocycles. The first-order valence-electron chi connectivity index (χ1n) is 4.51. The van der Waals surface area contributed by atoms with Gasteiger partial charge in [0.2, 0.25) is 5.95 Å². The van der Waals surface area contributed by atoms with Gasteiger partial charge in [0.1, 0.15) is 0 Å². The molecule has 1 aliphatic carbocycles. The molecule has 0 aliphatic heterocycles. The van der Waals surface area contributed by atoms with Crippen molar-refractivity contribution in [1.29, 1.82) is 0 Å². The highest BCUT2D eigenvalue weighted by molar-refractivity contribution is 6.18. The molecule has 0 amide bonds. The second kappa shape index (κ2) is 3.92. The fraction of sp³-hybridized carbons (Fsp3) is 0.556. The second-order valence-electron chi connectivity index (χ2n) is 3.16. The van der Waals surface area contributed by atoms with Crippen molar-refractivity contribution in [3.05, 3.63) is 18.5 Å². The zero-order chi connectivity index (χ0) is 9.10. The van der Waals surface area contributed by atoms with E-state index in [4.69, 9.17) is 11.6 Å². The first-order valence-corrected chi connectivity index (χ1v) is 5.05. The number of aromatic nitrogens is 2. The minimum absolute atomic E-state index is 0.626. The van der Waals surface area contributed by atoms with Gasteiger partial charge in [-0.15, -0.1) is 11.6 Å². The smallest absolute Gasteiger partial charge is 0.225 e. The van der Waals surface area contributed by atoms with Crippen LogP contribution in [0.5, 0.6) is 0 Å². The molecule has 1 aliphatic rings. The van der Waals surface area contributed by atoms with Crippen LogP contribution in [0.25, 0.3) is 0 Å². The maximum absolute atomic E-state index is 5.72. The van der Waals surface area contributed by atoms with Gasteiger partial charge < -0.3 is 4.90 Å². The topological polar surface area (TPSA) is 29.0 Å². The maximum Gasteiger partial charge on any atom is 0.225 e. The standard InChI is InChI=1S/C9H12ClN3/c10-4-7-13(8-2-3-8)9-11-5-1-6-12-9/h1,5-6,8H,2-4,7H2. The van der Waals surface area contributed by atoms with Gasteiger partial charge in [-0.25, -0.2) is 9.97 Å². The molecule has 0 bridgehead atoms. The summed E-state index contributed by atoms with van der Waals surface area (Å²) in [6.07, 6.45) is 6.03. The summed E-state index contributed by atoms with van der Waals surface area (Å²) in [6.45, 7) is 0.843. The number of nitrogens with zero attached hydrogens (tertiary/aromatic N) is 3. The van der Waals surface area contributed by atoms with Crippen molar-refractivity contribution in [1.82, 2.24) is 9.97 Å². The van der Waals surface area contributed by atoms with Gasteiger partial charge in [-0.3, -0.25) is 0 Å². The summed E-state index contributed by atoms with van der Waals surface area (Å²) < 4.78 is 0. The number of hydrogen-bond acceptors (Lipinski definition) is 3. The molecule has 1 aromatic rings. The molecule has 4 heteroatoms. The highest BCUT2D eigenvalue weighted by Crippen LogP contribution is 2.29. The summed E-state index contributed by atoms with van der Waals surface area (Å²) in [5.41, 5.74) is 0. The first kappa shape index (κ1) is 8.75. The Hall–Kier alpha value is -0.830.